The van der Waals surface area contributed by atoms with Crippen molar-refractivity contribution in [3.63, 3.8) is 0 Å². The Bertz CT molecular complexity index is 640. The lowest BCUT2D eigenvalue weighted by molar-refractivity contribution is -0.130. The fourth-order valence-electron chi connectivity index (χ4n) is 2.20. The van der Waals surface area contributed by atoms with Crippen molar-refractivity contribution in [3.8, 4) is 5.75 Å². The first-order valence-corrected chi connectivity index (χ1v) is 7.76. The zero-order valence-corrected chi connectivity index (χ0v) is 13.5. The van der Waals surface area contributed by atoms with Crippen molar-refractivity contribution in [2.45, 2.75) is 39.5 Å². The van der Waals surface area contributed by atoms with Crippen LogP contribution >= 0.6 is 0 Å². The molecule has 6 heteroatoms. The van der Waals surface area contributed by atoms with E-state index in [1.807, 2.05) is 42.0 Å². The van der Waals surface area contributed by atoms with Gasteiger partial charge < -0.3 is 19.7 Å². The molecular formula is C17H23N3O3. The molecule has 6 nitrogen and oxygen atoms in total. The van der Waals surface area contributed by atoms with Gasteiger partial charge in [0.1, 0.15) is 18.2 Å². The van der Waals surface area contributed by atoms with Gasteiger partial charge in [-0.05, 0) is 25.0 Å². The fourth-order valence-corrected chi connectivity index (χ4v) is 2.20. The zero-order chi connectivity index (χ0) is 16.7. The van der Waals surface area contributed by atoms with E-state index in [0.29, 0.717) is 5.75 Å². The van der Waals surface area contributed by atoms with Gasteiger partial charge in [0.2, 0.25) is 0 Å². The summed E-state index contributed by atoms with van der Waals surface area (Å²) in [5.74, 6) is 0.967. The molecule has 2 aromatic rings. The maximum absolute atomic E-state index is 11.9. The van der Waals surface area contributed by atoms with Crippen molar-refractivity contribution in [2.75, 3.05) is 6.61 Å². The van der Waals surface area contributed by atoms with Gasteiger partial charge >= 0.3 is 0 Å². The summed E-state index contributed by atoms with van der Waals surface area (Å²) in [7, 11) is 0. The Balaban J connectivity index is 1.81. The summed E-state index contributed by atoms with van der Waals surface area (Å²) in [5.41, 5.74) is 0.960. The molecule has 0 unspecified atom stereocenters. The predicted molar refractivity (Wildman–Crippen MR) is 87.0 cm³/mol. The Morgan fingerprint density at radius 2 is 2.22 bits per heavy atom. The third-order valence-electron chi connectivity index (χ3n) is 3.48. The molecule has 1 amide bonds. The van der Waals surface area contributed by atoms with E-state index in [1.54, 1.807) is 6.20 Å². The maximum atomic E-state index is 11.9. The Morgan fingerprint density at radius 1 is 1.43 bits per heavy atom. The van der Waals surface area contributed by atoms with Crippen LogP contribution in [0.5, 0.6) is 5.75 Å². The molecule has 0 saturated carbocycles. The van der Waals surface area contributed by atoms with E-state index in [4.69, 9.17) is 4.74 Å². The third kappa shape index (κ3) is 4.82. The number of para-hydroxylation sites is 1. The molecule has 0 spiro atoms. The minimum absolute atomic E-state index is 0.0832. The number of aryl methyl sites for hydroxylation is 2. The van der Waals surface area contributed by atoms with Crippen molar-refractivity contribution in [1.82, 2.24) is 14.9 Å². The van der Waals surface area contributed by atoms with Crippen LogP contribution in [0.15, 0.2) is 36.7 Å². The maximum Gasteiger partial charge on any atom is 0.252 e. The molecule has 0 bridgehead atoms. The molecule has 1 aromatic heterocycles. The molecule has 124 valence electrons. The highest BCUT2D eigenvalue weighted by molar-refractivity contribution is 5.80. The number of rotatable bonds is 8. The molecule has 0 radical (unpaired) electrons. The van der Waals surface area contributed by atoms with Gasteiger partial charge in [0.25, 0.3) is 5.91 Å². The molecule has 0 aliphatic carbocycles. The average Bonchev–Trinajstić information content (AvgIpc) is 2.99. The first kappa shape index (κ1) is 17.0. The number of nitrogens with zero attached hydrogens (tertiary/aromatic N) is 2. The Labute approximate surface area is 136 Å². The van der Waals surface area contributed by atoms with Gasteiger partial charge in [0.05, 0.1) is 6.54 Å². The van der Waals surface area contributed by atoms with Crippen LogP contribution in [0.1, 0.15) is 24.7 Å². The average molecular weight is 317 g/mol. The molecule has 0 saturated heterocycles. The lowest BCUT2D eigenvalue weighted by atomic mass is 10.2. The van der Waals surface area contributed by atoms with Gasteiger partial charge in [-0.3, -0.25) is 4.79 Å². The highest BCUT2D eigenvalue weighted by atomic mass is 16.5. The zero-order valence-electron chi connectivity index (χ0n) is 13.5. The first-order chi connectivity index (χ1) is 11.1. The van der Waals surface area contributed by atoms with Crippen LogP contribution in [0, 0.1) is 6.92 Å². The summed E-state index contributed by atoms with van der Waals surface area (Å²) < 4.78 is 7.47. The van der Waals surface area contributed by atoms with Gasteiger partial charge in [-0.25, -0.2) is 4.98 Å². The quantitative estimate of drug-likeness (QED) is 0.776. The van der Waals surface area contributed by atoms with Crippen molar-refractivity contribution in [2.24, 2.45) is 0 Å². The highest BCUT2D eigenvalue weighted by Gasteiger charge is 2.16. The number of aromatic nitrogens is 2. The van der Waals surface area contributed by atoms with Gasteiger partial charge in [-0.1, -0.05) is 25.1 Å². The summed E-state index contributed by atoms with van der Waals surface area (Å²) in [4.78, 5) is 16.1. The number of aliphatic hydroxyl groups is 1. The number of carbonyl (C=O) groups is 1. The molecule has 0 fully saturated rings. The number of imidazole rings is 1. The highest BCUT2D eigenvalue weighted by Crippen LogP contribution is 2.16. The second kappa shape index (κ2) is 8.33. The Kier molecular flexibility index (Phi) is 6.17. The fraction of sp³-hybridized carbons (Fsp3) is 0.412. The van der Waals surface area contributed by atoms with E-state index in [-0.39, 0.29) is 13.2 Å². The van der Waals surface area contributed by atoms with Crippen molar-refractivity contribution in [1.29, 1.82) is 0 Å². The van der Waals surface area contributed by atoms with Crippen molar-refractivity contribution < 1.29 is 14.6 Å². The lowest BCUT2D eigenvalue weighted by Gasteiger charge is -2.14. The molecular weight excluding hydrogens is 294 g/mol. The van der Waals surface area contributed by atoms with E-state index in [0.717, 1.165) is 24.4 Å². The van der Waals surface area contributed by atoms with Crippen molar-refractivity contribution in [3.05, 3.63) is 48.0 Å². The monoisotopic (exact) mass is 317 g/mol. The van der Waals surface area contributed by atoms with Crippen LogP contribution in [0.2, 0.25) is 0 Å². The molecule has 0 aliphatic rings. The SMILES string of the molecule is CCCn1ccnc1CNC(=O)[C@@H](O)COc1ccccc1C. The normalized spacial score (nSPS) is 12.0. The summed E-state index contributed by atoms with van der Waals surface area (Å²) >= 11 is 0. The largest absolute Gasteiger partial charge is 0.490 e. The Morgan fingerprint density at radius 3 is 2.96 bits per heavy atom. The molecule has 23 heavy (non-hydrogen) atoms. The van der Waals surface area contributed by atoms with Crippen LogP contribution in [0.25, 0.3) is 0 Å². The number of hydrogen-bond acceptors (Lipinski definition) is 4. The minimum Gasteiger partial charge on any atom is -0.490 e. The van der Waals surface area contributed by atoms with Crippen LogP contribution in [0.3, 0.4) is 0 Å². The van der Waals surface area contributed by atoms with Gasteiger partial charge in [0, 0.05) is 18.9 Å². The summed E-state index contributed by atoms with van der Waals surface area (Å²) in [6.07, 6.45) is 3.35. The first-order valence-electron chi connectivity index (χ1n) is 7.76. The third-order valence-corrected chi connectivity index (χ3v) is 3.48. The predicted octanol–water partition coefficient (Wildman–Crippen LogP) is 1.66. The van der Waals surface area contributed by atoms with E-state index < -0.39 is 12.0 Å². The van der Waals surface area contributed by atoms with Gasteiger partial charge in [-0.2, -0.15) is 0 Å². The van der Waals surface area contributed by atoms with E-state index in [2.05, 4.69) is 17.2 Å². The molecule has 1 heterocycles. The minimum atomic E-state index is -1.22. The van der Waals surface area contributed by atoms with Gasteiger partial charge in [-0.15, -0.1) is 0 Å². The van der Waals surface area contributed by atoms with Gasteiger partial charge in [0.15, 0.2) is 6.10 Å². The molecule has 1 atom stereocenters. The van der Waals surface area contributed by atoms with Crippen LogP contribution in [-0.4, -0.2) is 33.3 Å². The number of ether oxygens (including phenoxy) is 1. The Hall–Kier alpha value is -2.34. The second-order valence-corrected chi connectivity index (χ2v) is 5.35. The summed E-state index contributed by atoms with van der Waals surface area (Å²) in [5, 5.41) is 12.6. The standard InChI is InChI=1S/C17H23N3O3/c1-3-9-20-10-8-18-16(20)11-19-17(22)14(21)12-23-15-7-5-4-6-13(15)2/h4-8,10,14,21H,3,9,11-12H2,1-2H3,(H,19,22)/t14-/m0/s1. The number of carbonyl (C=O) groups excluding carboxylic acids is 1. The summed E-state index contributed by atoms with van der Waals surface area (Å²) in [6.45, 7) is 5.04. The summed E-state index contributed by atoms with van der Waals surface area (Å²) in [6, 6.07) is 7.48. The number of nitrogens with one attached hydrogen (secondary N) is 1. The van der Waals surface area contributed by atoms with Crippen molar-refractivity contribution >= 4 is 5.91 Å². The smallest absolute Gasteiger partial charge is 0.252 e. The van der Waals surface area contributed by atoms with Crippen LogP contribution in [-0.2, 0) is 17.9 Å². The van der Waals surface area contributed by atoms with Crippen LogP contribution < -0.4 is 10.1 Å². The molecule has 1 aromatic carbocycles. The number of hydrogen-bond donors (Lipinski definition) is 2. The lowest BCUT2D eigenvalue weighted by Crippen LogP contribution is -2.38. The number of benzene rings is 1. The number of aliphatic hydroxyl groups excluding tert-OH is 1. The molecule has 2 rings (SSSR count). The number of amides is 1. The second-order valence-electron chi connectivity index (χ2n) is 5.35. The molecule has 0 aliphatic heterocycles. The molecule has 2 N–H and O–H groups in total. The van der Waals surface area contributed by atoms with E-state index in [9.17, 15) is 9.90 Å². The van der Waals surface area contributed by atoms with E-state index in [1.165, 1.54) is 0 Å². The van der Waals surface area contributed by atoms with E-state index >= 15 is 0 Å². The topological polar surface area (TPSA) is 76.4 Å². The van der Waals surface area contributed by atoms with Crippen LogP contribution in [0.4, 0.5) is 0 Å².